The van der Waals surface area contributed by atoms with Crippen LogP contribution in [0.1, 0.15) is 25.7 Å². The second-order valence-electron chi connectivity index (χ2n) is 2.53. The number of aliphatic hydroxyl groups is 1. The van der Waals surface area contributed by atoms with Crippen LogP contribution in [0.15, 0.2) is 0 Å². The van der Waals surface area contributed by atoms with Gasteiger partial charge in [0.05, 0.1) is 6.10 Å². The van der Waals surface area contributed by atoms with Crippen LogP contribution >= 0.6 is 0 Å². The van der Waals surface area contributed by atoms with E-state index in [0.29, 0.717) is 6.54 Å². The molecule has 10 heavy (non-hydrogen) atoms. The summed E-state index contributed by atoms with van der Waals surface area (Å²) in [6, 6.07) is 0. The van der Waals surface area contributed by atoms with Crippen LogP contribution in [0.5, 0.6) is 0 Å². The zero-order valence-corrected chi connectivity index (χ0v) is 6.42. The minimum Gasteiger partial charge on any atom is -0.392 e. The summed E-state index contributed by atoms with van der Waals surface area (Å²) in [4.78, 5) is 0. The van der Waals surface area contributed by atoms with Gasteiger partial charge in [-0.1, -0.05) is 12.8 Å². The predicted octanol–water partition coefficient (Wildman–Crippen LogP) is -0.175. The molecule has 62 valence electrons. The molecule has 0 saturated carbocycles. The van der Waals surface area contributed by atoms with E-state index in [1.54, 1.807) is 0 Å². The van der Waals surface area contributed by atoms with Gasteiger partial charge < -0.3 is 16.6 Å². The van der Waals surface area contributed by atoms with Crippen LogP contribution in [0.4, 0.5) is 0 Å². The average Bonchev–Trinajstić information content (AvgIpc) is 1.98. The number of rotatable bonds is 6. The van der Waals surface area contributed by atoms with Gasteiger partial charge in [0.25, 0.3) is 0 Å². The maximum absolute atomic E-state index is 9.00. The monoisotopic (exact) mass is 146 g/mol. The third kappa shape index (κ3) is 6.01. The summed E-state index contributed by atoms with van der Waals surface area (Å²) in [5.41, 5.74) is 10.5. The molecule has 0 saturated heterocycles. The van der Waals surface area contributed by atoms with Crippen LogP contribution < -0.4 is 11.5 Å². The van der Waals surface area contributed by atoms with Gasteiger partial charge in [0.15, 0.2) is 0 Å². The van der Waals surface area contributed by atoms with Crippen molar-refractivity contribution in [2.45, 2.75) is 31.8 Å². The van der Waals surface area contributed by atoms with E-state index < -0.39 is 0 Å². The molecular weight excluding hydrogens is 128 g/mol. The van der Waals surface area contributed by atoms with Crippen molar-refractivity contribution in [3.8, 4) is 0 Å². The molecule has 0 aliphatic heterocycles. The third-order valence-corrected chi connectivity index (χ3v) is 1.51. The first-order chi connectivity index (χ1) is 4.81. The lowest BCUT2D eigenvalue weighted by molar-refractivity contribution is 0.169. The Bertz CT molecular complexity index is 68.6. The first kappa shape index (κ1) is 9.88. The molecule has 1 unspecified atom stereocenters. The Kier molecular flexibility index (Phi) is 6.91. The Morgan fingerprint density at radius 2 is 1.80 bits per heavy atom. The molecule has 3 heteroatoms. The molecule has 0 aromatic rings. The van der Waals surface area contributed by atoms with E-state index in [1.165, 1.54) is 0 Å². The van der Waals surface area contributed by atoms with Gasteiger partial charge in [-0.05, 0) is 19.4 Å². The first-order valence-corrected chi connectivity index (χ1v) is 3.89. The second kappa shape index (κ2) is 6.99. The topological polar surface area (TPSA) is 72.3 Å². The van der Waals surface area contributed by atoms with Crippen molar-refractivity contribution in [2.24, 2.45) is 11.5 Å². The number of aliphatic hydroxyl groups excluding tert-OH is 1. The van der Waals surface area contributed by atoms with Crippen LogP contribution in [0.25, 0.3) is 0 Å². The van der Waals surface area contributed by atoms with Crippen LogP contribution in [0.3, 0.4) is 0 Å². The van der Waals surface area contributed by atoms with Gasteiger partial charge in [0, 0.05) is 6.54 Å². The zero-order chi connectivity index (χ0) is 7.82. The summed E-state index contributed by atoms with van der Waals surface area (Å²) < 4.78 is 0. The van der Waals surface area contributed by atoms with Gasteiger partial charge in [-0.15, -0.1) is 0 Å². The summed E-state index contributed by atoms with van der Waals surface area (Å²) >= 11 is 0. The second-order valence-corrected chi connectivity index (χ2v) is 2.53. The van der Waals surface area contributed by atoms with Gasteiger partial charge in [0.2, 0.25) is 0 Å². The Hall–Kier alpha value is -0.120. The summed E-state index contributed by atoms with van der Waals surface area (Å²) in [6.07, 6.45) is 3.70. The zero-order valence-electron chi connectivity index (χ0n) is 6.42. The van der Waals surface area contributed by atoms with Crippen molar-refractivity contribution >= 4 is 0 Å². The highest BCUT2D eigenvalue weighted by atomic mass is 16.3. The molecule has 5 N–H and O–H groups in total. The van der Waals surface area contributed by atoms with Crippen molar-refractivity contribution in [1.29, 1.82) is 0 Å². The van der Waals surface area contributed by atoms with Gasteiger partial charge in [-0.25, -0.2) is 0 Å². The van der Waals surface area contributed by atoms with Gasteiger partial charge >= 0.3 is 0 Å². The maximum Gasteiger partial charge on any atom is 0.0662 e. The molecule has 0 aliphatic rings. The summed E-state index contributed by atoms with van der Waals surface area (Å²) in [6.45, 7) is 1.13. The van der Waals surface area contributed by atoms with Crippen LogP contribution in [-0.2, 0) is 0 Å². The third-order valence-electron chi connectivity index (χ3n) is 1.51. The highest BCUT2D eigenvalue weighted by Crippen LogP contribution is 2.01. The highest BCUT2D eigenvalue weighted by Gasteiger charge is 1.98. The molecule has 1 atom stereocenters. The highest BCUT2D eigenvalue weighted by molar-refractivity contribution is 4.55. The molecule has 0 rings (SSSR count). The minimum absolute atomic E-state index is 0.308. The van der Waals surface area contributed by atoms with E-state index in [9.17, 15) is 0 Å². The first-order valence-electron chi connectivity index (χ1n) is 3.89. The molecule has 3 nitrogen and oxygen atoms in total. The predicted molar refractivity (Wildman–Crippen MR) is 42.6 cm³/mol. The van der Waals surface area contributed by atoms with Crippen molar-refractivity contribution < 1.29 is 5.11 Å². The normalized spacial score (nSPS) is 13.5. The molecule has 0 fully saturated rings. The Balaban J connectivity index is 2.89. The fourth-order valence-electron chi connectivity index (χ4n) is 0.819. The number of hydrogen-bond donors (Lipinski definition) is 3. The number of nitrogens with two attached hydrogens (primary N) is 2. The SMILES string of the molecule is NCCCCCC(O)CN. The Labute approximate surface area is 62.4 Å². The molecule has 0 spiro atoms. The molecular formula is C7H18N2O. The molecule has 0 amide bonds. The summed E-state index contributed by atoms with van der Waals surface area (Å²) in [5.74, 6) is 0. The van der Waals surface area contributed by atoms with Gasteiger partial charge in [-0.3, -0.25) is 0 Å². The summed E-state index contributed by atoms with van der Waals surface area (Å²) in [7, 11) is 0. The van der Waals surface area contributed by atoms with Crippen molar-refractivity contribution in [3.63, 3.8) is 0 Å². The number of unbranched alkanes of at least 4 members (excludes halogenated alkanes) is 2. The lowest BCUT2D eigenvalue weighted by Gasteiger charge is -2.05. The fourth-order valence-corrected chi connectivity index (χ4v) is 0.819. The van der Waals surface area contributed by atoms with Gasteiger partial charge in [-0.2, -0.15) is 0 Å². The molecule has 0 aromatic carbocycles. The van der Waals surface area contributed by atoms with Crippen molar-refractivity contribution in [3.05, 3.63) is 0 Å². The van der Waals surface area contributed by atoms with E-state index in [2.05, 4.69) is 0 Å². The van der Waals surface area contributed by atoms with Crippen LogP contribution in [-0.4, -0.2) is 24.3 Å². The summed E-state index contributed by atoms with van der Waals surface area (Å²) in [5, 5.41) is 9.00. The van der Waals surface area contributed by atoms with Crippen LogP contribution in [0, 0.1) is 0 Å². The van der Waals surface area contributed by atoms with Gasteiger partial charge in [0.1, 0.15) is 0 Å². The Morgan fingerprint density at radius 1 is 1.10 bits per heavy atom. The maximum atomic E-state index is 9.00. The standard InChI is InChI=1S/C7H18N2O/c8-5-3-1-2-4-7(10)6-9/h7,10H,1-6,8-9H2. The smallest absolute Gasteiger partial charge is 0.0662 e. The van der Waals surface area contributed by atoms with Crippen molar-refractivity contribution in [1.82, 2.24) is 0 Å². The molecule has 0 heterocycles. The quantitative estimate of drug-likeness (QED) is 0.455. The fraction of sp³-hybridized carbons (Fsp3) is 1.00. The average molecular weight is 146 g/mol. The minimum atomic E-state index is -0.308. The molecule has 0 aliphatic carbocycles. The lowest BCUT2D eigenvalue weighted by atomic mass is 10.1. The largest absolute Gasteiger partial charge is 0.392 e. The number of hydrogen-bond acceptors (Lipinski definition) is 3. The van der Waals surface area contributed by atoms with E-state index >= 15 is 0 Å². The molecule has 0 bridgehead atoms. The van der Waals surface area contributed by atoms with Crippen LogP contribution in [0.2, 0.25) is 0 Å². The molecule has 0 radical (unpaired) electrons. The van der Waals surface area contributed by atoms with E-state index in [0.717, 1.165) is 32.2 Å². The van der Waals surface area contributed by atoms with E-state index in [4.69, 9.17) is 16.6 Å². The Morgan fingerprint density at radius 3 is 2.30 bits per heavy atom. The van der Waals surface area contributed by atoms with Crippen molar-refractivity contribution in [2.75, 3.05) is 13.1 Å². The molecule has 0 aromatic heterocycles. The lowest BCUT2D eigenvalue weighted by Crippen LogP contribution is -2.19. The van der Waals surface area contributed by atoms with E-state index in [1.807, 2.05) is 0 Å². The van der Waals surface area contributed by atoms with E-state index in [-0.39, 0.29) is 6.10 Å².